The molecule has 6 aromatic rings. The van der Waals surface area contributed by atoms with Crippen molar-refractivity contribution < 1.29 is 9.85 Å². The molecule has 43 heavy (non-hydrogen) atoms. The number of rotatable bonds is 8. The predicted molar refractivity (Wildman–Crippen MR) is 167 cm³/mol. The smallest absolute Gasteiger partial charge is 0.275 e. The molecule has 0 radical (unpaired) electrons. The zero-order valence-corrected chi connectivity index (χ0v) is 24.0. The van der Waals surface area contributed by atoms with Crippen LogP contribution in [-0.2, 0) is 27.2 Å². The van der Waals surface area contributed by atoms with Crippen molar-refractivity contribution in [2.24, 2.45) is 14.1 Å². The van der Waals surface area contributed by atoms with E-state index < -0.39 is 4.92 Å². The van der Waals surface area contributed by atoms with Crippen LogP contribution in [-0.4, -0.2) is 29.4 Å². The van der Waals surface area contributed by atoms with Gasteiger partial charge in [-0.1, -0.05) is 29.8 Å². The highest BCUT2D eigenvalue weighted by atomic mass is 35.5. The molecule has 0 unspecified atom stereocenters. The summed E-state index contributed by atoms with van der Waals surface area (Å²) >= 11 is 5.81. The van der Waals surface area contributed by atoms with Crippen molar-refractivity contribution in [3.63, 3.8) is 0 Å². The summed E-state index contributed by atoms with van der Waals surface area (Å²) in [4.78, 5) is 21.3. The standard InChI is InChI=1S/C15H13ClN4O2.C15H14N4O2/c1-19-9-11-6-13(4-5-14(11)18-19)17-8-10-2-3-12(16)7-15(10)20(21)22;1-18-10-12-8-13(6-7-14(12)17-18)16-9-11-4-2-3-5-15(11)19(20)21/h2-7,9,17H,8H2,1H3;2-8,10,16H,9H2,1H3. The van der Waals surface area contributed by atoms with Crippen molar-refractivity contribution in [3.8, 4) is 0 Å². The number of nitro benzene ring substituents is 2. The number of nitrogens with one attached hydrogen (secondary N) is 2. The Balaban J connectivity index is 0.000000171. The van der Waals surface area contributed by atoms with E-state index in [0.717, 1.165) is 33.2 Å². The lowest BCUT2D eigenvalue weighted by molar-refractivity contribution is -0.385. The van der Waals surface area contributed by atoms with Crippen molar-refractivity contribution in [2.75, 3.05) is 10.6 Å². The first kappa shape index (κ1) is 29.0. The van der Waals surface area contributed by atoms with E-state index in [2.05, 4.69) is 20.8 Å². The van der Waals surface area contributed by atoms with Gasteiger partial charge in [0.25, 0.3) is 11.4 Å². The molecule has 0 fully saturated rings. The molecular weight excluding hydrogens is 572 g/mol. The van der Waals surface area contributed by atoms with Gasteiger partial charge in [0.15, 0.2) is 0 Å². The van der Waals surface area contributed by atoms with E-state index in [4.69, 9.17) is 11.6 Å². The first-order valence-electron chi connectivity index (χ1n) is 13.2. The maximum absolute atomic E-state index is 11.1. The van der Waals surface area contributed by atoms with Crippen LogP contribution in [0.2, 0.25) is 5.02 Å². The minimum atomic E-state index is -0.423. The van der Waals surface area contributed by atoms with Gasteiger partial charge in [-0.15, -0.1) is 0 Å². The highest BCUT2D eigenvalue weighted by Crippen LogP contribution is 2.25. The molecule has 0 saturated carbocycles. The van der Waals surface area contributed by atoms with Crippen LogP contribution < -0.4 is 10.6 Å². The Labute approximate surface area is 250 Å². The zero-order valence-electron chi connectivity index (χ0n) is 23.3. The van der Waals surface area contributed by atoms with Crippen molar-refractivity contribution in [3.05, 3.63) is 128 Å². The van der Waals surface area contributed by atoms with E-state index >= 15 is 0 Å². The number of fused-ring (bicyclic) bond motifs is 2. The Bertz CT molecular complexity index is 1950. The second-order valence-corrected chi connectivity index (χ2v) is 10.2. The fourth-order valence-corrected chi connectivity index (χ4v) is 4.77. The van der Waals surface area contributed by atoms with Crippen molar-refractivity contribution in [1.29, 1.82) is 0 Å². The summed E-state index contributed by atoms with van der Waals surface area (Å²) < 4.78 is 3.51. The number of halogens is 1. The maximum atomic E-state index is 11.1. The molecule has 0 aliphatic heterocycles. The summed E-state index contributed by atoms with van der Waals surface area (Å²) in [5, 5.41) is 39.5. The third-order valence-corrected chi connectivity index (χ3v) is 6.87. The van der Waals surface area contributed by atoms with Crippen molar-refractivity contribution in [1.82, 2.24) is 19.6 Å². The number of aryl methyl sites for hydroxylation is 2. The van der Waals surface area contributed by atoms with Gasteiger partial charge in [0.1, 0.15) is 0 Å². The molecule has 0 aliphatic rings. The molecule has 0 aliphatic carbocycles. The maximum Gasteiger partial charge on any atom is 0.275 e. The van der Waals surface area contributed by atoms with Crippen LogP contribution in [0, 0.1) is 20.2 Å². The van der Waals surface area contributed by atoms with Crippen LogP contribution in [0.4, 0.5) is 22.7 Å². The molecule has 12 nitrogen and oxygen atoms in total. The van der Waals surface area contributed by atoms with Gasteiger partial charge in [-0.05, 0) is 48.5 Å². The van der Waals surface area contributed by atoms with E-state index in [1.165, 1.54) is 12.1 Å². The van der Waals surface area contributed by atoms with Gasteiger partial charge in [-0.3, -0.25) is 29.6 Å². The quantitative estimate of drug-likeness (QED) is 0.143. The fourth-order valence-electron chi connectivity index (χ4n) is 4.61. The molecule has 0 bridgehead atoms. The third-order valence-electron chi connectivity index (χ3n) is 6.64. The van der Waals surface area contributed by atoms with Crippen LogP contribution >= 0.6 is 11.6 Å². The summed E-state index contributed by atoms with van der Waals surface area (Å²) in [6.07, 6.45) is 3.86. The lowest BCUT2D eigenvalue weighted by atomic mass is 10.1. The number of anilines is 2. The summed E-state index contributed by atoms with van der Waals surface area (Å²) in [5.74, 6) is 0. The van der Waals surface area contributed by atoms with Gasteiger partial charge in [0.05, 0.1) is 20.9 Å². The summed E-state index contributed by atoms with van der Waals surface area (Å²) in [7, 11) is 3.74. The number of para-hydroxylation sites is 1. The van der Waals surface area contributed by atoms with E-state index in [0.29, 0.717) is 29.2 Å². The molecule has 0 atom stereocenters. The van der Waals surface area contributed by atoms with Gasteiger partial charge >= 0.3 is 0 Å². The molecule has 4 aromatic carbocycles. The van der Waals surface area contributed by atoms with Crippen molar-refractivity contribution >= 4 is 56.2 Å². The molecule has 6 rings (SSSR count). The largest absolute Gasteiger partial charge is 0.381 e. The van der Waals surface area contributed by atoms with Crippen LogP contribution in [0.1, 0.15) is 11.1 Å². The Morgan fingerprint density at radius 3 is 1.74 bits per heavy atom. The minimum Gasteiger partial charge on any atom is -0.381 e. The molecule has 0 spiro atoms. The fraction of sp³-hybridized carbons (Fsp3) is 0.133. The van der Waals surface area contributed by atoms with E-state index in [1.54, 1.807) is 39.7 Å². The predicted octanol–water partition coefficient (Wildman–Crippen LogP) is 6.84. The molecule has 13 heteroatoms. The molecular formula is C30H27ClN8O4. The molecule has 218 valence electrons. The Morgan fingerprint density at radius 1 is 0.698 bits per heavy atom. The summed E-state index contributed by atoms with van der Waals surface area (Å²) in [6.45, 7) is 0.752. The van der Waals surface area contributed by atoms with E-state index in [1.807, 2.05) is 62.9 Å². The first-order valence-corrected chi connectivity index (χ1v) is 13.5. The van der Waals surface area contributed by atoms with Gasteiger partial charge < -0.3 is 10.6 Å². The number of hydrogen-bond acceptors (Lipinski definition) is 8. The van der Waals surface area contributed by atoms with Crippen LogP contribution in [0.3, 0.4) is 0 Å². The SMILES string of the molecule is Cn1cc2cc(NCc3ccc(Cl)cc3[N+](=O)[O-])ccc2n1.Cn1cc2cc(NCc3ccccc3[N+](=O)[O-])ccc2n1. The molecule has 0 saturated heterocycles. The summed E-state index contributed by atoms with van der Waals surface area (Å²) in [6, 6.07) is 23.0. The molecule has 2 heterocycles. The van der Waals surface area contributed by atoms with E-state index in [-0.39, 0.29) is 16.3 Å². The Morgan fingerprint density at radius 2 is 1.21 bits per heavy atom. The number of aromatic nitrogens is 4. The normalized spacial score (nSPS) is 10.8. The topological polar surface area (TPSA) is 146 Å². The highest BCUT2D eigenvalue weighted by Gasteiger charge is 2.14. The van der Waals surface area contributed by atoms with Crippen LogP contribution in [0.25, 0.3) is 21.8 Å². The number of hydrogen-bond donors (Lipinski definition) is 2. The molecule has 2 N–H and O–H groups in total. The monoisotopic (exact) mass is 598 g/mol. The third kappa shape index (κ3) is 7.05. The lowest BCUT2D eigenvalue weighted by Crippen LogP contribution is -2.03. The Kier molecular flexibility index (Phi) is 8.49. The van der Waals surface area contributed by atoms with Gasteiger partial charge in [-0.25, -0.2) is 0 Å². The van der Waals surface area contributed by atoms with Gasteiger partial charge in [0, 0.05) is 90.0 Å². The molecule has 2 aromatic heterocycles. The highest BCUT2D eigenvalue weighted by molar-refractivity contribution is 6.30. The second-order valence-electron chi connectivity index (χ2n) is 9.78. The van der Waals surface area contributed by atoms with Crippen molar-refractivity contribution in [2.45, 2.75) is 13.1 Å². The van der Waals surface area contributed by atoms with Gasteiger partial charge in [-0.2, -0.15) is 10.2 Å². The lowest BCUT2D eigenvalue weighted by Gasteiger charge is -2.07. The average Bonchev–Trinajstić information content (AvgIpc) is 3.55. The second kappa shape index (κ2) is 12.6. The summed E-state index contributed by atoms with van der Waals surface area (Å²) in [5.41, 5.74) is 5.02. The van der Waals surface area contributed by atoms with E-state index in [9.17, 15) is 20.2 Å². The average molecular weight is 599 g/mol. The minimum absolute atomic E-state index is 0.0162. The number of nitrogens with zero attached hydrogens (tertiary/aromatic N) is 6. The van der Waals surface area contributed by atoms with Crippen LogP contribution in [0.15, 0.2) is 91.3 Å². The Hall–Kier alpha value is -5.49. The first-order chi connectivity index (χ1) is 20.7. The van der Waals surface area contributed by atoms with Gasteiger partial charge in [0.2, 0.25) is 0 Å². The number of benzene rings is 4. The zero-order chi connectivity index (χ0) is 30.5. The molecule has 0 amide bonds. The van der Waals surface area contributed by atoms with Crippen LogP contribution in [0.5, 0.6) is 0 Å². The number of nitro groups is 2.